The monoisotopic (exact) mass is 370 g/mol. The number of rotatable bonds is 4. The van der Waals surface area contributed by atoms with Gasteiger partial charge in [-0.05, 0) is 47.1 Å². The average molecular weight is 372 g/mol. The molecule has 0 bridgehead atoms. The predicted octanol–water partition coefficient (Wildman–Crippen LogP) is 4.02. The van der Waals surface area contributed by atoms with Crippen LogP contribution in [0.2, 0.25) is 0 Å². The molecular formula is C13H12Br2N2O. The van der Waals surface area contributed by atoms with Gasteiger partial charge in [0.25, 0.3) is 0 Å². The zero-order valence-electron chi connectivity index (χ0n) is 9.86. The summed E-state index contributed by atoms with van der Waals surface area (Å²) in [4.78, 5) is 8.68. The second kappa shape index (κ2) is 6.29. The summed E-state index contributed by atoms with van der Waals surface area (Å²) in [5.74, 6) is 0.794. The zero-order valence-corrected chi connectivity index (χ0v) is 13.0. The first-order valence-corrected chi connectivity index (χ1v) is 7.36. The van der Waals surface area contributed by atoms with Crippen molar-refractivity contribution in [2.75, 3.05) is 0 Å². The Kier molecular flexibility index (Phi) is 4.72. The molecule has 0 aliphatic carbocycles. The Labute approximate surface area is 123 Å². The standard InChI is InChI=1S/C13H12Br2N2O/c1-9-2-5-13(12(6-14)17-9)18-8-11-4-3-10(15)7-16-11/h2-5,7H,6,8H2,1H3. The fourth-order valence-electron chi connectivity index (χ4n) is 1.47. The number of aromatic nitrogens is 2. The normalized spacial score (nSPS) is 10.4. The molecule has 94 valence electrons. The lowest BCUT2D eigenvalue weighted by Gasteiger charge is -2.09. The number of hydrogen-bond acceptors (Lipinski definition) is 3. The fourth-order valence-corrected chi connectivity index (χ4v) is 2.10. The minimum Gasteiger partial charge on any atom is -0.485 e. The predicted molar refractivity (Wildman–Crippen MR) is 77.9 cm³/mol. The van der Waals surface area contributed by atoms with Crippen LogP contribution in [0.25, 0.3) is 0 Å². The molecular weight excluding hydrogens is 360 g/mol. The first-order chi connectivity index (χ1) is 8.69. The van der Waals surface area contributed by atoms with Crippen molar-refractivity contribution in [2.24, 2.45) is 0 Å². The largest absolute Gasteiger partial charge is 0.485 e. The molecule has 0 aliphatic heterocycles. The number of alkyl halides is 1. The summed E-state index contributed by atoms with van der Waals surface area (Å²) in [7, 11) is 0. The van der Waals surface area contributed by atoms with E-state index < -0.39 is 0 Å². The molecule has 0 spiro atoms. The SMILES string of the molecule is Cc1ccc(OCc2ccc(Br)cn2)c(CBr)n1. The zero-order chi connectivity index (χ0) is 13.0. The molecule has 2 rings (SSSR count). The summed E-state index contributed by atoms with van der Waals surface area (Å²) in [5.41, 5.74) is 2.78. The van der Waals surface area contributed by atoms with Gasteiger partial charge in [-0.3, -0.25) is 9.97 Å². The maximum absolute atomic E-state index is 5.74. The topological polar surface area (TPSA) is 35.0 Å². The van der Waals surface area contributed by atoms with E-state index in [0.29, 0.717) is 11.9 Å². The van der Waals surface area contributed by atoms with E-state index in [1.165, 1.54) is 0 Å². The summed E-state index contributed by atoms with van der Waals surface area (Å²) >= 11 is 6.77. The van der Waals surface area contributed by atoms with Crippen molar-refractivity contribution in [3.05, 3.63) is 52.0 Å². The molecule has 0 saturated carbocycles. The molecule has 0 atom stereocenters. The van der Waals surface area contributed by atoms with Gasteiger partial charge in [0.2, 0.25) is 0 Å². The van der Waals surface area contributed by atoms with Crippen LogP contribution < -0.4 is 4.74 Å². The van der Waals surface area contributed by atoms with Gasteiger partial charge in [-0.1, -0.05) is 15.9 Å². The molecule has 0 fully saturated rings. The van der Waals surface area contributed by atoms with Gasteiger partial charge in [-0.2, -0.15) is 0 Å². The summed E-state index contributed by atoms with van der Waals surface area (Å²) < 4.78 is 6.70. The second-order valence-electron chi connectivity index (χ2n) is 3.79. The Bertz CT molecular complexity index is 529. The van der Waals surface area contributed by atoms with Crippen LogP contribution >= 0.6 is 31.9 Å². The first-order valence-electron chi connectivity index (χ1n) is 5.45. The highest BCUT2D eigenvalue weighted by atomic mass is 79.9. The van der Waals surface area contributed by atoms with Gasteiger partial charge in [0.15, 0.2) is 0 Å². The molecule has 0 radical (unpaired) electrons. The van der Waals surface area contributed by atoms with Crippen LogP contribution in [-0.4, -0.2) is 9.97 Å². The van der Waals surface area contributed by atoms with Gasteiger partial charge < -0.3 is 4.74 Å². The summed E-state index contributed by atoms with van der Waals surface area (Å²) in [5, 5.41) is 0.678. The molecule has 0 N–H and O–H groups in total. The molecule has 5 heteroatoms. The third-order valence-corrected chi connectivity index (χ3v) is 3.36. The Hall–Kier alpha value is -0.940. The third kappa shape index (κ3) is 3.53. The number of aryl methyl sites for hydroxylation is 1. The Balaban J connectivity index is 2.08. The van der Waals surface area contributed by atoms with E-state index in [4.69, 9.17) is 4.74 Å². The third-order valence-electron chi connectivity index (χ3n) is 2.36. The van der Waals surface area contributed by atoms with Crippen molar-refractivity contribution >= 4 is 31.9 Å². The van der Waals surface area contributed by atoms with Gasteiger partial charge in [-0.25, -0.2) is 0 Å². The number of halogens is 2. The number of pyridine rings is 2. The maximum Gasteiger partial charge on any atom is 0.142 e. The number of ether oxygens (including phenoxy) is 1. The molecule has 3 nitrogen and oxygen atoms in total. The van der Waals surface area contributed by atoms with Crippen LogP contribution in [0.3, 0.4) is 0 Å². The van der Waals surface area contributed by atoms with Gasteiger partial charge in [0.1, 0.15) is 12.4 Å². The van der Waals surface area contributed by atoms with Gasteiger partial charge >= 0.3 is 0 Å². The van der Waals surface area contributed by atoms with Crippen LogP contribution in [0, 0.1) is 6.92 Å². The Morgan fingerprint density at radius 1 is 1.22 bits per heavy atom. The highest BCUT2D eigenvalue weighted by Crippen LogP contribution is 2.20. The van der Waals surface area contributed by atoms with Gasteiger partial charge in [0, 0.05) is 21.7 Å². The molecule has 0 amide bonds. The number of nitrogens with zero attached hydrogens (tertiary/aromatic N) is 2. The van der Waals surface area contributed by atoms with E-state index in [9.17, 15) is 0 Å². The van der Waals surface area contributed by atoms with Crippen molar-refractivity contribution in [2.45, 2.75) is 18.9 Å². The van der Waals surface area contributed by atoms with Crippen molar-refractivity contribution in [3.8, 4) is 5.75 Å². The minimum absolute atomic E-state index is 0.442. The quantitative estimate of drug-likeness (QED) is 0.761. The highest BCUT2D eigenvalue weighted by molar-refractivity contribution is 9.10. The van der Waals surface area contributed by atoms with Crippen molar-refractivity contribution in [1.29, 1.82) is 0 Å². The van der Waals surface area contributed by atoms with Crippen molar-refractivity contribution < 1.29 is 4.74 Å². The van der Waals surface area contributed by atoms with Crippen molar-refractivity contribution in [1.82, 2.24) is 9.97 Å². The van der Waals surface area contributed by atoms with Gasteiger partial charge in [0.05, 0.1) is 11.4 Å². The van der Waals surface area contributed by atoms with Crippen molar-refractivity contribution in [3.63, 3.8) is 0 Å². The van der Waals surface area contributed by atoms with E-state index >= 15 is 0 Å². The second-order valence-corrected chi connectivity index (χ2v) is 5.26. The summed E-state index contributed by atoms with van der Waals surface area (Å²) in [6.07, 6.45) is 1.76. The van der Waals surface area contributed by atoms with E-state index in [1.54, 1.807) is 6.20 Å². The van der Waals surface area contributed by atoms with Crippen LogP contribution in [0.4, 0.5) is 0 Å². The molecule has 2 aromatic heterocycles. The Morgan fingerprint density at radius 3 is 2.72 bits per heavy atom. The number of hydrogen-bond donors (Lipinski definition) is 0. The van der Waals surface area contributed by atoms with E-state index in [2.05, 4.69) is 41.8 Å². The molecule has 0 unspecified atom stereocenters. The lowest BCUT2D eigenvalue weighted by atomic mass is 10.3. The molecule has 0 aliphatic rings. The summed E-state index contributed by atoms with van der Waals surface area (Å²) in [6, 6.07) is 7.76. The van der Waals surface area contributed by atoms with Gasteiger partial charge in [-0.15, -0.1) is 0 Å². The van der Waals surface area contributed by atoms with Crippen LogP contribution in [0.15, 0.2) is 34.9 Å². The smallest absolute Gasteiger partial charge is 0.142 e. The van der Waals surface area contributed by atoms with E-state index in [-0.39, 0.29) is 0 Å². The molecule has 18 heavy (non-hydrogen) atoms. The van der Waals surface area contributed by atoms with E-state index in [0.717, 1.165) is 27.3 Å². The Morgan fingerprint density at radius 2 is 2.06 bits per heavy atom. The lowest BCUT2D eigenvalue weighted by Crippen LogP contribution is -2.01. The highest BCUT2D eigenvalue weighted by Gasteiger charge is 2.05. The van der Waals surface area contributed by atoms with Crippen LogP contribution in [0.1, 0.15) is 17.1 Å². The summed E-state index contributed by atoms with van der Waals surface area (Å²) in [6.45, 7) is 2.41. The molecule has 2 aromatic rings. The molecule has 0 aromatic carbocycles. The van der Waals surface area contributed by atoms with Crippen LogP contribution in [0.5, 0.6) is 5.75 Å². The van der Waals surface area contributed by atoms with Crippen LogP contribution in [-0.2, 0) is 11.9 Å². The lowest BCUT2D eigenvalue weighted by molar-refractivity contribution is 0.297. The fraction of sp³-hybridized carbons (Fsp3) is 0.231. The average Bonchev–Trinajstić information content (AvgIpc) is 2.39. The first kappa shape index (κ1) is 13.5. The molecule has 0 saturated heterocycles. The maximum atomic E-state index is 5.74. The minimum atomic E-state index is 0.442. The van der Waals surface area contributed by atoms with E-state index in [1.807, 2.05) is 31.2 Å². The molecule has 2 heterocycles.